The molecule has 0 spiro atoms. The van der Waals surface area contributed by atoms with Crippen LogP contribution >= 0.6 is 0 Å². The summed E-state index contributed by atoms with van der Waals surface area (Å²) in [5, 5.41) is 27.0. The summed E-state index contributed by atoms with van der Waals surface area (Å²) in [7, 11) is 0. The molecular weight excluding hydrogens is 242 g/mol. The molecule has 5 nitrogen and oxygen atoms in total. The zero-order chi connectivity index (χ0) is 14.0. The summed E-state index contributed by atoms with van der Waals surface area (Å²) < 4.78 is 0. The highest BCUT2D eigenvalue weighted by atomic mass is 16.3. The molecule has 0 heterocycles. The molecule has 2 aromatic rings. The lowest BCUT2D eigenvalue weighted by atomic mass is 10.1. The maximum atomic E-state index is 9.65. The van der Waals surface area contributed by atoms with Gasteiger partial charge < -0.3 is 15.9 Å². The van der Waals surface area contributed by atoms with E-state index < -0.39 is 0 Å². The largest absolute Gasteiger partial charge is 0.508 e. The van der Waals surface area contributed by atoms with Crippen LogP contribution in [-0.2, 0) is 0 Å². The quantitative estimate of drug-likeness (QED) is 0.565. The first-order valence-electron chi connectivity index (χ1n) is 5.78. The first-order chi connectivity index (χ1) is 8.97. The highest BCUT2D eigenvalue weighted by molar-refractivity contribution is 5.64. The Balaban J connectivity index is 2.35. The lowest BCUT2D eigenvalue weighted by Crippen LogP contribution is -1.84. The van der Waals surface area contributed by atoms with Crippen LogP contribution in [0.15, 0.2) is 40.6 Å². The minimum Gasteiger partial charge on any atom is -0.508 e. The van der Waals surface area contributed by atoms with E-state index in [1.165, 1.54) is 12.1 Å². The Bertz CT molecular complexity index is 651. The zero-order valence-electron chi connectivity index (χ0n) is 10.8. The predicted molar refractivity (Wildman–Crippen MR) is 74.3 cm³/mol. The van der Waals surface area contributed by atoms with Crippen LogP contribution in [0.2, 0.25) is 0 Å². The van der Waals surface area contributed by atoms with Gasteiger partial charge in [0.25, 0.3) is 0 Å². The number of nitrogen functional groups attached to an aromatic ring is 1. The van der Waals surface area contributed by atoms with E-state index in [2.05, 4.69) is 10.2 Å². The Morgan fingerprint density at radius 3 is 2.26 bits per heavy atom. The van der Waals surface area contributed by atoms with E-state index in [1.807, 2.05) is 19.9 Å². The van der Waals surface area contributed by atoms with Gasteiger partial charge in [-0.15, -0.1) is 5.11 Å². The van der Waals surface area contributed by atoms with E-state index in [9.17, 15) is 10.2 Å². The van der Waals surface area contributed by atoms with Gasteiger partial charge in [-0.2, -0.15) is 5.11 Å². The molecule has 0 bridgehead atoms. The van der Waals surface area contributed by atoms with E-state index in [-0.39, 0.29) is 11.5 Å². The fraction of sp³-hybridized carbons (Fsp3) is 0.143. The van der Waals surface area contributed by atoms with E-state index in [1.54, 1.807) is 12.1 Å². The van der Waals surface area contributed by atoms with Crippen molar-refractivity contribution in [1.82, 2.24) is 0 Å². The maximum absolute atomic E-state index is 9.65. The van der Waals surface area contributed by atoms with Crippen molar-refractivity contribution in [3.63, 3.8) is 0 Å². The summed E-state index contributed by atoms with van der Waals surface area (Å²) in [6.07, 6.45) is 0. The van der Waals surface area contributed by atoms with Crippen LogP contribution < -0.4 is 5.73 Å². The molecule has 5 heteroatoms. The fourth-order valence-electron chi connectivity index (χ4n) is 1.68. The molecule has 0 aliphatic carbocycles. The van der Waals surface area contributed by atoms with Crippen LogP contribution in [0.5, 0.6) is 11.5 Å². The van der Waals surface area contributed by atoms with Gasteiger partial charge in [-0.1, -0.05) is 6.07 Å². The van der Waals surface area contributed by atoms with Crippen molar-refractivity contribution in [2.75, 3.05) is 5.73 Å². The summed E-state index contributed by atoms with van der Waals surface area (Å²) >= 11 is 0. The molecule has 0 atom stereocenters. The molecule has 98 valence electrons. The third-order valence-corrected chi connectivity index (χ3v) is 2.79. The molecule has 0 saturated heterocycles. The smallest absolute Gasteiger partial charge is 0.120 e. The number of aryl methyl sites for hydroxylation is 2. The first kappa shape index (κ1) is 12.9. The number of rotatable bonds is 2. The van der Waals surface area contributed by atoms with Crippen molar-refractivity contribution in [2.45, 2.75) is 13.8 Å². The average molecular weight is 257 g/mol. The molecule has 0 unspecified atom stereocenters. The summed E-state index contributed by atoms with van der Waals surface area (Å²) in [5.41, 5.74) is 8.81. The third-order valence-electron chi connectivity index (χ3n) is 2.79. The Kier molecular flexibility index (Phi) is 3.37. The van der Waals surface area contributed by atoms with E-state index in [4.69, 9.17) is 5.73 Å². The van der Waals surface area contributed by atoms with Gasteiger partial charge in [0.05, 0.1) is 11.4 Å². The number of anilines is 1. The lowest BCUT2D eigenvalue weighted by molar-refractivity contribution is 0.471. The molecular formula is C14H15N3O2. The Morgan fingerprint density at radius 1 is 0.895 bits per heavy atom. The molecule has 0 fully saturated rings. The third kappa shape index (κ3) is 2.82. The predicted octanol–water partition coefficient (Wildman–Crippen LogP) is 3.71. The number of hydrogen-bond acceptors (Lipinski definition) is 5. The molecule has 0 aliphatic rings. The SMILES string of the molecule is Cc1cc(C)c(/N=N/c2ccc(O)cc2N)cc1O. The van der Waals surface area contributed by atoms with Crippen LogP contribution in [-0.4, -0.2) is 10.2 Å². The van der Waals surface area contributed by atoms with Crippen molar-refractivity contribution in [3.8, 4) is 11.5 Å². The summed E-state index contributed by atoms with van der Waals surface area (Å²) in [6.45, 7) is 3.71. The van der Waals surface area contributed by atoms with Gasteiger partial charge in [0.1, 0.15) is 17.2 Å². The molecule has 4 N–H and O–H groups in total. The Morgan fingerprint density at radius 2 is 1.58 bits per heavy atom. The molecule has 19 heavy (non-hydrogen) atoms. The molecule has 0 amide bonds. The number of phenols is 2. The lowest BCUT2D eigenvalue weighted by Gasteiger charge is -2.04. The number of phenolic OH excluding ortho intramolecular Hbond substituents is 2. The minimum absolute atomic E-state index is 0.0839. The molecule has 0 aromatic heterocycles. The number of benzene rings is 2. The van der Waals surface area contributed by atoms with Crippen molar-refractivity contribution in [2.24, 2.45) is 10.2 Å². The summed E-state index contributed by atoms with van der Waals surface area (Å²) in [6, 6.07) is 7.88. The monoisotopic (exact) mass is 257 g/mol. The van der Waals surface area contributed by atoms with Gasteiger partial charge in [-0.25, -0.2) is 0 Å². The van der Waals surface area contributed by atoms with E-state index in [0.717, 1.165) is 11.1 Å². The van der Waals surface area contributed by atoms with Gasteiger partial charge in [-0.05, 0) is 37.1 Å². The number of hydrogen-bond donors (Lipinski definition) is 3. The second-order valence-electron chi connectivity index (χ2n) is 4.37. The topological polar surface area (TPSA) is 91.2 Å². The van der Waals surface area contributed by atoms with Crippen molar-refractivity contribution in [1.29, 1.82) is 0 Å². The van der Waals surface area contributed by atoms with Crippen LogP contribution in [0.1, 0.15) is 11.1 Å². The highest BCUT2D eigenvalue weighted by Crippen LogP contribution is 2.31. The van der Waals surface area contributed by atoms with Crippen molar-refractivity contribution < 1.29 is 10.2 Å². The first-order valence-corrected chi connectivity index (χ1v) is 5.78. The molecule has 2 rings (SSSR count). The molecule has 0 radical (unpaired) electrons. The summed E-state index contributed by atoms with van der Waals surface area (Å²) in [4.78, 5) is 0. The summed E-state index contributed by atoms with van der Waals surface area (Å²) in [5.74, 6) is 0.263. The number of nitrogens with zero attached hydrogens (tertiary/aromatic N) is 2. The fourth-order valence-corrected chi connectivity index (χ4v) is 1.68. The Labute approximate surface area is 111 Å². The van der Waals surface area contributed by atoms with Crippen LogP contribution in [0.4, 0.5) is 17.1 Å². The average Bonchev–Trinajstić information content (AvgIpc) is 2.34. The Hall–Kier alpha value is -2.56. The zero-order valence-corrected chi connectivity index (χ0v) is 10.8. The van der Waals surface area contributed by atoms with Gasteiger partial charge in [0, 0.05) is 12.1 Å². The van der Waals surface area contributed by atoms with Crippen molar-refractivity contribution >= 4 is 17.1 Å². The van der Waals surface area contributed by atoms with Crippen LogP contribution in [0, 0.1) is 13.8 Å². The van der Waals surface area contributed by atoms with Crippen LogP contribution in [0.25, 0.3) is 0 Å². The van der Waals surface area contributed by atoms with Crippen molar-refractivity contribution in [3.05, 3.63) is 41.5 Å². The second kappa shape index (κ2) is 4.97. The minimum atomic E-state index is 0.0839. The van der Waals surface area contributed by atoms with Gasteiger partial charge in [-0.3, -0.25) is 0 Å². The van der Waals surface area contributed by atoms with Crippen LogP contribution in [0.3, 0.4) is 0 Å². The maximum Gasteiger partial charge on any atom is 0.120 e. The van der Waals surface area contributed by atoms with Gasteiger partial charge >= 0.3 is 0 Å². The second-order valence-corrected chi connectivity index (χ2v) is 4.37. The number of nitrogens with two attached hydrogens (primary N) is 1. The van der Waals surface area contributed by atoms with Gasteiger partial charge in [0.2, 0.25) is 0 Å². The molecule has 2 aromatic carbocycles. The van der Waals surface area contributed by atoms with Gasteiger partial charge in [0.15, 0.2) is 0 Å². The van der Waals surface area contributed by atoms with E-state index in [0.29, 0.717) is 17.1 Å². The highest BCUT2D eigenvalue weighted by Gasteiger charge is 2.03. The molecule has 0 saturated carbocycles. The standard InChI is InChI=1S/C14H15N3O2/c1-8-5-9(2)14(19)7-13(8)17-16-12-4-3-10(18)6-11(12)15/h3-7,18-19H,15H2,1-2H3/b17-16+. The number of aromatic hydroxyl groups is 2. The van der Waals surface area contributed by atoms with E-state index >= 15 is 0 Å². The number of azo groups is 1. The normalized spacial score (nSPS) is 11.1. The molecule has 0 aliphatic heterocycles.